The fourth-order valence-corrected chi connectivity index (χ4v) is 11.4. The van der Waals surface area contributed by atoms with Crippen molar-refractivity contribution >= 4 is 82.0 Å². The highest BCUT2D eigenvalue weighted by atomic mass is 15.1. The van der Waals surface area contributed by atoms with E-state index in [-0.39, 0.29) is 0 Å². The first-order valence-electron chi connectivity index (χ1n) is 24.8. The van der Waals surface area contributed by atoms with Crippen LogP contribution in [0.3, 0.4) is 0 Å². The molecule has 0 amide bonds. The third-order valence-electron chi connectivity index (χ3n) is 14.7. The Morgan fingerprint density at radius 3 is 1.31 bits per heavy atom. The molecule has 13 aromatic carbocycles. The van der Waals surface area contributed by atoms with Crippen molar-refractivity contribution in [1.29, 1.82) is 0 Å². The quantitative estimate of drug-likeness (QED) is 0.138. The average Bonchev–Trinajstić information content (AvgIpc) is 3.80. The number of benzene rings is 13. The molecule has 0 atom stereocenters. The Morgan fingerprint density at radius 1 is 0.236 bits per heavy atom. The van der Waals surface area contributed by atoms with E-state index in [9.17, 15) is 0 Å². The number of para-hydroxylation sites is 2. The van der Waals surface area contributed by atoms with Gasteiger partial charge in [-0.05, 0) is 166 Å². The third kappa shape index (κ3) is 6.95. The molecular formula is C70H46N2. The van der Waals surface area contributed by atoms with Crippen LogP contribution in [0.25, 0.3) is 115 Å². The van der Waals surface area contributed by atoms with Crippen LogP contribution in [-0.2, 0) is 0 Å². The predicted molar refractivity (Wildman–Crippen MR) is 307 cm³/mol. The lowest BCUT2D eigenvalue weighted by atomic mass is 9.93. The first-order chi connectivity index (χ1) is 35.7. The van der Waals surface area contributed by atoms with E-state index in [0.29, 0.717) is 0 Å². The lowest BCUT2D eigenvalue weighted by Crippen LogP contribution is -2.10. The molecule has 0 radical (unpaired) electrons. The molecule has 336 valence electrons. The van der Waals surface area contributed by atoms with Gasteiger partial charge in [-0.3, -0.25) is 0 Å². The fourth-order valence-electron chi connectivity index (χ4n) is 11.4. The standard InChI is InChI=1S/C70H46N2/c1-2-22-54(23-3-1)72-68-33-13-12-31-65(68)70-60(32-16-34-69(70)72)51-21-14-19-49(43-51)50-20-15-24-57(44-50)71(55-39-35-47(36-40-55)66-45-52-17-4-6-25-58(52)61-27-8-10-29-63(61)66)56-41-37-48(38-42-56)67-46-53-18-5-7-26-59(53)62-28-9-11-30-64(62)67/h1-46H. The van der Waals surface area contributed by atoms with Gasteiger partial charge < -0.3 is 9.47 Å². The van der Waals surface area contributed by atoms with E-state index in [1.807, 2.05) is 0 Å². The molecule has 0 saturated heterocycles. The highest BCUT2D eigenvalue weighted by Gasteiger charge is 2.19. The van der Waals surface area contributed by atoms with Crippen LogP contribution in [0, 0.1) is 0 Å². The summed E-state index contributed by atoms with van der Waals surface area (Å²) in [6.07, 6.45) is 0. The van der Waals surface area contributed by atoms with Crippen molar-refractivity contribution in [1.82, 2.24) is 4.57 Å². The van der Waals surface area contributed by atoms with E-state index in [1.54, 1.807) is 0 Å². The van der Waals surface area contributed by atoms with Gasteiger partial charge in [0.1, 0.15) is 0 Å². The molecule has 72 heavy (non-hydrogen) atoms. The molecule has 0 saturated carbocycles. The summed E-state index contributed by atoms with van der Waals surface area (Å²) in [5.74, 6) is 0. The zero-order valence-electron chi connectivity index (χ0n) is 39.5. The summed E-state index contributed by atoms with van der Waals surface area (Å²) in [5.41, 5.74) is 16.4. The molecule has 0 unspecified atom stereocenters. The van der Waals surface area contributed by atoms with E-state index in [2.05, 4.69) is 289 Å². The number of nitrogens with zero attached hydrogens (tertiary/aromatic N) is 2. The SMILES string of the molecule is c1ccc(-n2c3ccccc3c3c(-c4cccc(-c5cccc(N(c6ccc(-c7cc8ccccc8c8ccccc78)cc6)c6ccc(-c7cc8ccccc8c8ccccc78)cc6)c5)c4)cccc32)cc1. The minimum absolute atomic E-state index is 1.08. The Hall–Kier alpha value is -9.50. The second-order valence-corrected chi connectivity index (χ2v) is 18.8. The van der Waals surface area contributed by atoms with Crippen LogP contribution in [-0.4, -0.2) is 4.57 Å². The normalized spacial score (nSPS) is 11.6. The van der Waals surface area contributed by atoms with Gasteiger partial charge in [-0.1, -0.05) is 200 Å². The van der Waals surface area contributed by atoms with Gasteiger partial charge >= 0.3 is 0 Å². The van der Waals surface area contributed by atoms with Gasteiger partial charge in [0, 0.05) is 33.5 Å². The van der Waals surface area contributed by atoms with Gasteiger partial charge in [-0.15, -0.1) is 0 Å². The monoisotopic (exact) mass is 914 g/mol. The average molecular weight is 915 g/mol. The Balaban J connectivity index is 0.890. The summed E-state index contributed by atoms with van der Waals surface area (Å²) in [6.45, 7) is 0. The molecule has 14 rings (SSSR count). The first-order valence-corrected chi connectivity index (χ1v) is 24.8. The first kappa shape index (κ1) is 41.5. The van der Waals surface area contributed by atoms with Crippen LogP contribution in [0.1, 0.15) is 0 Å². The largest absolute Gasteiger partial charge is 0.310 e. The summed E-state index contributed by atoms with van der Waals surface area (Å²) in [7, 11) is 0. The highest BCUT2D eigenvalue weighted by Crippen LogP contribution is 2.43. The summed E-state index contributed by atoms with van der Waals surface area (Å²) in [5, 5.41) is 12.6. The van der Waals surface area contributed by atoms with Crippen LogP contribution >= 0.6 is 0 Å². The zero-order valence-corrected chi connectivity index (χ0v) is 39.5. The molecular weight excluding hydrogens is 869 g/mol. The van der Waals surface area contributed by atoms with Crippen molar-refractivity contribution in [3.8, 4) is 50.2 Å². The summed E-state index contributed by atoms with van der Waals surface area (Å²) in [4.78, 5) is 2.40. The van der Waals surface area contributed by atoms with E-state index < -0.39 is 0 Å². The molecule has 14 aromatic rings. The maximum atomic E-state index is 2.40. The molecule has 1 heterocycles. The van der Waals surface area contributed by atoms with Gasteiger partial charge in [0.25, 0.3) is 0 Å². The van der Waals surface area contributed by atoms with E-state index in [0.717, 1.165) is 33.9 Å². The minimum Gasteiger partial charge on any atom is -0.310 e. The third-order valence-corrected chi connectivity index (χ3v) is 14.7. The lowest BCUT2D eigenvalue weighted by molar-refractivity contribution is 1.18. The van der Waals surface area contributed by atoms with Gasteiger partial charge in [-0.2, -0.15) is 0 Å². The van der Waals surface area contributed by atoms with Crippen molar-refractivity contribution in [3.63, 3.8) is 0 Å². The van der Waals surface area contributed by atoms with Crippen molar-refractivity contribution in [3.05, 3.63) is 279 Å². The maximum Gasteiger partial charge on any atom is 0.0547 e. The van der Waals surface area contributed by atoms with Crippen LogP contribution in [0.4, 0.5) is 17.1 Å². The highest BCUT2D eigenvalue weighted by molar-refractivity contribution is 6.17. The Labute approximate surface area is 418 Å². The molecule has 1 aromatic heterocycles. The fraction of sp³-hybridized carbons (Fsp3) is 0. The second-order valence-electron chi connectivity index (χ2n) is 18.8. The van der Waals surface area contributed by atoms with E-state index >= 15 is 0 Å². The van der Waals surface area contributed by atoms with Crippen LogP contribution in [0.2, 0.25) is 0 Å². The molecule has 2 heteroatoms. The van der Waals surface area contributed by atoms with Gasteiger partial charge in [-0.25, -0.2) is 0 Å². The van der Waals surface area contributed by atoms with Crippen LogP contribution in [0.15, 0.2) is 279 Å². The van der Waals surface area contributed by atoms with Crippen LogP contribution < -0.4 is 4.90 Å². The number of hydrogen-bond donors (Lipinski definition) is 0. The summed E-state index contributed by atoms with van der Waals surface area (Å²) < 4.78 is 2.39. The van der Waals surface area contributed by atoms with Crippen molar-refractivity contribution in [2.24, 2.45) is 0 Å². The van der Waals surface area contributed by atoms with Crippen molar-refractivity contribution in [2.45, 2.75) is 0 Å². The predicted octanol–water partition coefficient (Wildman–Crippen LogP) is 19.5. The lowest BCUT2D eigenvalue weighted by Gasteiger charge is -2.26. The molecule has 0 spiro atoms. The van der Waals surface area contributed by atoms with Crippen molar-refractivity contribution in [2.75, 3.05) is 4.90 Å². The smallest absolute Gasteiger partial charge is 0.0547 e. The van der Waals surface area contributed by atoms with Gasteiger partial charge in [0.05, 0.1) is 11.0 Å². The summed E-state index contributed by atoms with van der Waals surface area (Å²) >= 11 is 0. The topological polar surface area (TPSA) is 8.17 Å². The molecule has 0 aliphatic carbocycles. The minimum atomic E-state index is 1.08. The number of aromatic nitrogens is 1. The second kappa shape index (κ2) is 17.2. The molecule has 0 aliphatic heterocycles. The Kier molecular flexibility index (Phi) is 9.89. The molecule has 0 bridgehead atoms. The maximum absolute atomic E-state index is 2.40. The number of hydrogen-bond acceptors (Lipinski definition) is 1. The molecule has 0 N–H and O–H groups in total. The van der Waals surface area contributed by atoms with Gasteiger partial charge in [0.2, 0.25) is 0 Å². The Bertz CT molecular complexity index is 4210. The zero-order chi connectivity index (χ0) is 47.5. The number of fused-ring (bicyclic) bond motifs is 9. The molecule has 0 aliphatic rings. The van der Waals surface area contributed by atoms with E-state index in [4.69, 9.17) is 0 Å². The van der Waals surface area contributed by atoms with E-state index in [1.165, 1.54) is 98.3 Å². The number of rotatable bonds is 8. The van der Waals surface area contributed by atoms with Crippen molar-refractivity contribution < 1.29 is 0 Å². The van der Waals surface area contributed by atoms with Gasteiger partial charge in [0.15, 0.2) is 0 Å². The summed E-state index contributed by atoms with van der Waals surface area (Å²) in [6, 6.07) is 102. The van der Waals surface area contributed by atoms with Crippen LogP contribution in [0.5, 0.6) is 0 Å². The molecule has 2 nitrogen and oxygen atoms in total. The Morgan fingerprint density at radius 2 is 0.694 bits per heavy atom. The molecule has 0 fully saturated rings. The number of anilines is 3.